The topological polar surface area (TPSA) is 0 Å². The second-order valence-corrected chi connectivity index (χ2v) is 9.58. The zero-order valence-corrected chi connectivity index (χ0v) is 17.8. The molecule has 0 radical (unpaired) electrons. The van der Waals surface area contributed by atoms with Crippen LogP contribution in [0.3, 0.4) is 0 Å². The van der Waals surface area contributed by atoms with Crippen LogP contribution in [-0.2, 0) is 0 Å². The molecule has 0 unspecified atom stereocenters. The molecule has 0 amide bonds. The molecule has 0 nitrogen and oxygen atoms in total. The molecule has 0 aromatic heterocycles. The maximum atomic E-state index is 15.0. The first-order valence-electron chi connectivity index (χ1n) is 11.3. The Kier molecular flexibility index (Phi) is 6.22. The van der Waals surface area contributed by atoms with Gasteiger partial charge in [-0.05, 0) is 104 Å². The molecule has 0 bridgehead atoms. The van der Waals surface area contributed by atoms with Crippen LogP contribution in [0.15, 0.2) is 24.3 Å². The van der Waals surface area contributed by atoms with E-state index in [-0.39, 0.29) is 11.1 Å². The number of halogens is 4. The number of hydrogen-bond acceptors (Lipinski definition) is 0. The van der Waals surface area contributed by atoms with Crippen LogP contribution >= 0.6 is 0 Å². The number of hydrogen-bond donors (Lipinski definition) is 0. The van der Waals surface area contributed by atoms with Crippen molar-refractivity contribution in [2.75, 3.05) is 0 Å². The van der Waals surface area contributed by atoms with E-state index in [1.165, 1.54) is 44.6 Å². The Morgan fingerprint density at radius 2 is 1.20 bits per heavy atom. The lowest BCUT2D eigenvalue weighted by Gasteiger charge is -2.37. The zero-order chi connectivity index (χ0) is 21.4. The van der Waals surface area contributed by atoms with Gasteiger partial charge < -0.3 is 0 Å². The molecule has 2 aliphatic carbocycles. The average molecular weight is 419 g/mol. The van der Waals surface area contributed by atoms with Crippen LogP contribution in [0.4, 0.5) is 17.6 Å². The molecule has 2 aromatic carbocycles. The SMILES string of the molecule is Cc1cc(C2CCC(C3CCC(C)CC3)CC2)cc(F)c1-c1cc(F)c(F)c(F)c1. The molecule has 0 atom stereocenters. The summed E-state index contributed by atoms with van der Waals surface area (Å²) >= 11 is 0. The van der Waals surface area contributed by atoms with E-state index in [1.807, 2.05) is 6.07 Å². The molecular formula is C26H30F4. The van der Waals surface area contributed by atoms with Crippen molar-refractivity contribution in [3.63, 3.8) is 0 Å². The average Bonchev–Trinajstić information content (AvgIpc) is 2.72. The molecule has 162 valence electrons. The molecule has 2 fully saturated rings. The van der Waals surface area contributed by atoms with Crippen molar-refractivity contribution in [3.8, 4) is 11.1 Å². The van der Waals surface area contributed by atoms with Gasteiger partial charge in [0.25, 0.3) is 0 Å². The van der Waals surface area contributed by atoms with Crippen molar-refractivity contribution in [3.05, 3.63) is 58.7 Å². The van der Waals surface area contributed by atoms with Gasteiger partial charge in [0.05, 0.1) is 0 Å². The van der Waals surface area contributed by atoms with Crippen LogP contribution < -0.4 is 0 Å². The van der Waals surface area contributed by atoms with Gasteiger partial charge in [0.15, 0.2) is 17.5 Å². The third kappa shape index (κ3) is 4.29. The largest absolute Gasteiger partial charge is 0.206 e. The molecule has 2 aliphatic rings. The van der Waals surface area contributed by atoms with Crippen LogP contribution in [-0.4, -0.2) is 0 Å². The molecule has 4 rings (SSSR count). The van der Waals surface area contributed by atoms with Gasteiger partial charge in [-0.15, -0.1) is 0 Å². The highest BCUT2D eigenvalue weighted by Gasteiger charge is 2.31. The number of aryl methyl sites for hydroxylation is 1. The van der Waals surface area contributed by atoms with E-state index in [9.17, 15) is 17.6 Å². The second-order valence-electron chi connectivity index (χ2n) is 9.58. The molecule has 2 aromatic rings. The molecular weight excluding hydrogens is 388 g/mol. The van der Waals surface area contributed by atoms with Gasteiger partial charge in [0.2, 0.25) is 0 Å². The third-order valence-corrected chi connectivity index (χ3v) is 7.55. The van der Waals surface area contributed by atoms with Gasteiger partial charge in [0.1, 0.15) is 5.82 Å². The molecule has 0 heterocycles. The summed E-state index contributed by atoms with van der Waals surface area (Å²) in [6.45, 7) is 4.10. The van der Waals surface area contributed by atoms with Crippen LogP contribution in [0.25, 0.3) is 11.1 Å². The van der Waals surface area contributed by atoms with E-state index in [1.54, 1.807) is 6.92 Å². The summed E-state index contributed by atoms with van der Waals surface area (Å²) in [6, 6.07) is 5.17. The van der Waals surface area contributed by atoms with Crippen molar-refractivity contribution in [1.82, 2.24) is 0 Å². The van der Waals surface area contributed by atoms with Gasteiger partial charge in [-0.3, -0.25) is 0 Å². The van der Waals surface area contributed by atoms with Crippen molar-refractivity contribution < 1.29 is 17.6 Å². The van der Waals surface area contributed by atoms with E-state index < -0.39 is 23.3 Å². The minimum atomic E-state index is -1.53. The summed E-state index contributed by atoms with van der Waals surface area (Å²) in [7, 11) is 0. The first-order valence-corrected chi connectivity index (χ1v) is 11.3. The monoisotopic (exact) mass is 418 g/mol. The normalized spacial score (nSPS) is 27.3. The molecule has 0 N–H and O–H groups in total. The van der Waals surface area contributed by atoms with E-state index in [4.69, 9.17) is 0 Å². The lowest BCUT2D eigenvalue weighted by Crippen LogP contribution is -2.24. The predicted molar refractivity (Wildman–Crippen MR) is 112 cm³/mol. The van der Waals surface area contributed by atoms with E-state index in [0.717, 1.165) is 48.3 Å². The second kappa shape index (κ2) is 8.72. The standard InChI is InChI=1S/C26H30F4/c1-15-3-5-17(6-4-15)18-7-9-19(10-8-18)20-11-16(2)25(22(27)12-20)21-13-23(28)26(30)24(29)14-21/h11-15,17-19H,3-10H2,1-2H3. The zero-order valence-electron chi connectivity index (χ0n) is 17.8. The summed E-state index contributed by atoms with van der Waals surface area (Å²) in [5, 5.41) is 0. The molecule has 0 aliphatic heterocycles. The van der Waals surface area contributed by atoms with Crippen LogP contribution in [0.5, 0.6) is 0 Å². The van der Waals surface area contributed by atoms with Crippen LogP contribution in [0.1, 0.15) is 75.3 Å². The maximum absolute atomic E-state index is 15.0. The Labute approximate surface area is 176 Å². The maximum Gasteiger partial charge on any atom is 0.194 e. The molecule has 30 heavy (non-hydrogen) atoms. The van der Waals surface area contributed by atoms with Crippen LogP contribution in [0, 0.1) is 47.9 Å². The minimum absolute atomic E-state index is 0.0307. The molecule has 2 saturated carbocycles. The van der Waals surface area contributed by atoms with Gasteiger partial charge in [-0.2, -0.15) is 0 Å². The smallest absolute Gasteiger partial charge is 0.194 e. The Bertz CT molecular complexity index is 857. The fourth-order valence-corrected chi connectivity index (χ4v) is 5.75. The van der Waals surface area contributed by atoms with Gasteiger partial charge in [0, 0.05) is 5.56 Å². The summed E-state index contributed by atoms with van der Waals surface area (Å²) < 4.78 is 55.5. The van der Waals surface area contributed by atoms with Crippen molar-refractivity contribution in [2.45, 2.75) is 71.1 Å². The predicted octanol–water partition coefficient (Wildman–Crippen LogP) is 8.32. The van der Waals surface area contributed by atoms with Crippen LogP contribution in [0.2, 0.25) is 0 Å². The van der Waals surface area contributed by atoms with E-state index >= 15 is 0 Å². The fourth-order valence-electron chi connectivity index (χ4n) is 5.75. The molecule has 0 spiro atoms. The fraction of sp³-hybridized carbons (Fsp3) is 0.538. The summed E-state index contributed by atoms with van der Waals surface area (Å²) in [6.07, 6.45) is 9.92. The molecule has 4 heteroatoms. The van der Waals surface area contributed by atoms with E-state index in [2.05, 4.69) is 6.92 Å². The summed E-state index contributed by atoms with van der Waals surface area (Å²) in [4.78, 5) is 0. The Morgan fingerprint density at radius 3 is 1.73 bits per heavy atom. The van der Waals surface area contributed by atoms with E-state index in [0.29, 0.717) is 11.5 Å². The third-order valence-electron chi connectivity index (χ3n) is 7.55. The van der Waals surface area contributed by atoms with Crippen molar-refractivity contribution in [1.29, 1.82) is 0 Å². The first kappa shape index (κ1) is 21.4. The van der Waals surface area contributed by atoms with Gasteiger partial charge in [-0.1, -0.05) is 25.8 Å². The lowest BCUT2D eigenvalue weighted by atomic mass is 9.68. The lowest BCUT2D eigenvalue weighted by molar-refractivity contribution is 0.165. The number of benzene rings is 2. The highest BCUT2D eigenvalue weighted by molar-refractivity contribution is 5.68. The minimum Gasteiger partial charge on any atom is -0.206 e. The Balaban J connectivity index is 1.49. The highest BCUT2D eigenvalue weighted by Crippen LogP contribution is 2.44. The van der Waals surface area contributed by atoms with Gasteiger partial charge >= 0.3 is 0 Å². The number of rotatable bonds is 3. The molecule has 0 saturated heterocycles. The van der Waals surface area contributed by atoms with Crippen molar-refractivity contribution >= 4 is 0 Å². The Morgan fingerprint density at radius 1 is 0.667 bits per heavy atom. The highest BCUT2D eigenvalue weighted by atomic mass is 19.2. The van der Waals surface area contributed by atoms with Gasteiger partial charge in [-0.25, -0.2) is 17.6 Å². The van der Waals surface area contributed by atoms with Crippen molar-refractivity contribution in [2.24, 2.45) is 17.8 Å². The summed E-state index contributed by atoms with van der Waals surface area (Å²) in [5.41, 5.74) is 1.76. The Hall–Kier alpha value is -1.84. The first-order chi connectivity index (χ1) is 14.3. The quantitative estimate of drug-likeness (QED) is 0.347. The summed E-state index contributed by atoms with van der Waals surface area (Å²) in [5.74, 6) is -1.80.